The van der Waals surface area contributed by atoms with E-state index in [9.17, 15) is 4.79 Å². The van der Waals surface area contributed by atoms with Gasteiger partial charge in [-0.2, -0.15) is 0 Å². The Kier molecular flexibility index (Phi) is 4.57. The fraction of sp³-hybridized carbons (Fsp3) is 0.611. The van der Waals surface area contributed by atoms with Crippen LogP contribution in [0.25, 0.3) is 0 Å². The quantitative estimate of drug-likeness (QED) is 0.820. The number of fused-ring (bicyclic) bond motifs is 1. The zero-order valence-corrected chi connectivity index (χ0v) is 14.6. The lowest BCUT2D eigenvalue weighted by atomic mass is 9.91. The molecule has 0 radical (unpaired) electrons. The van der Waals surface area contributed by atoms with Gasteiger partial charge in [-0.1, -0.05) is 12.2 Å². The Balaban J connectivity index is 1.63. The first-order valence-corrected chi connectivity index (χ1v) is 9.15. The number of nitrogens with one attached hydrogen (secondary N) is 2. The number of allylic oxidation sites excluding steroid dienone is 2. The van der Waals surface area contributed by atoms with Crippen LogP contribution in [0, 0.1) is 12.8 Å². The number of ether oxygens (including phenoxy) is 1. The number of nitrogens with zero attached hydrogens (tertiary/aromatic N) is 3. The minimum absolute atomic E-state index is 0.0276. The van der Waals surface area contributed by atoms with E-state index < -0.39 is 0 Å². The lowest BCUT2D eigenvalue weighted by Gasteiger charge is -2.36. The molecule has 0 saturated carbocycles. The summed E-state index contributed by atoms with van der Waals surface area (Å²) in [6, 6.07) is 1.59. The van der Waals surface area contributed by atoms with Crippen LogP contribution in [0.15, 0.2) is 28.0 Å². The zero-order chi connectivity index (χ0) is 17.2. The first-order valence-electron chi connectivity index (χ1n) is 9.15. The van der Waals surface area contributed by atoms with Gasteiger partial charge in [-0.05, 0) is 39.0 Å². The molecule has 0 amide bonds. The van der Waals surface area contributed by atoms with Gasteiger partial charge in [-0.3, -0.25) is 19.7 Å². The predicted molar refractivity (Wildman–Crippen MR) is 96.8 cm³/mol. The van der Waals surface area contributed by atoms with E-state index in [0.29, 0.717) is 30.1 Å². The molecule has 3 aliphatic rings. The molecule has 0 bridgehead atoms. The Labute approximate surface area is 147 Å². The van der Waals surface area contributed by atoms with E-state index in [1.54, 1.807) is 10.6 Å². The first-order chi connectivity index (χ1) is 12.2. The Bertz CT molecular complexity index is 748. The van der Waals surface area contributed by atoms with E-state index >= 15 is 0 Å². The average molecular weight is 343 g/mol. The molecule has 2 aliphatic heterocycles. The highest BCUT2D eigenvalue weighted by Gasteiger charge is 2.31. The van der Waals surface area contributed by atoms with E-state index in [1.165, 1.54) is 0 Å². The average Bonchev–Trinajstić information content (AvgIpc) is 3.13. The number of hydrogen-bond donors (Lipinski definition) is 2. The van der Waals surface area contributed by atoms with Crippen LogP contribution in [-0.4, -0.2) is 34.8 Å². The molecule has 3 heterocycles. The molecule has 134 valence electrons. The second-order valence-electron chi connectivity index (χ2n) is 7.01. The fourth-order valence-corrected chi connectivity index (χ4v) is 3.81. The van der Waals surface area contributed by atoms with Crippen LogP contribution in [0.3, 0.4) is 0 Å². The molecule has 7 heteroatoms. The van der Waals surface area contributed by atoms with Gasteiger partial charge >= 0.3 is 0 Å². The molecule has 1 aromatic rings. The summed E-state index contributed by atoms with van der Waals surface area (Å²) < 4.78 is 7.39. The maximum Gasteiger partial charge on any atom is 0.256 e. The van der Waals surface area contributed by atoms with E-state index in [0.717, 1.165) is 38.7 Å². The molecule has 0 unspecified atom stereocenters. The third-order valence-electron chi connectivity index (χ3n) is 5.11. The second kappa shape index (κ2) is 7.00. The number of hydrogen-bond acceptors (Lipinski definition) is 4. The van der Waals surface area contributed by atoms with E-state index in [-0.39, 0.29) is 17.8 Å². The molecular weight excluding hydrogens is 318 g/mol. The summed E-state index contributed by atoms with van der Waals surface area (Å²) in [5.74, 6) is 1.61. The maximum atomic E-state index is 12.6. The molecule has 3 atom stereocenters. The van der Waals surface area contributed by atoms with Gasteiger partial charge in [-0.15, -0.1) is 0 Å². The summed E-state index contributed by atoms with van der Waals surface area (Å²) in [5, 5.41) is 6.62. The number of aryl methyl sites for hydroxylation is 1. The normalized spacial score (nSPS) is 30.0. The summed E-state index contributed by atoms with van der Waals surface area (Å²) in [4.78, 5) is 21.8. The summed E-state index contributed by atoms with van der Waals surface area (Å²) in [7, 11) is 0. The Hall–Kier alpha value is -2.15. The lowest BCUT2D eigenvalue weighted by Crippen LogP contribution is -2.50. The van der Waals surface area contributed by atoms with Gasteiger partial charge in [0.05, 0.1) is 12.6 Å². The van der Waals surface area contributed by atoms with Crippen molar-refractivity contribution in [1.29, 1.82) is 0 Å². The fourth-order valence-electron chi connectivity index (χ4n) is 3.81. The molecule has 0 spiro atoms. The SMILES string of the molecule is Cc1cc(=O)n2c(n1)NC(=NC[C@@H]1CCCO1)N[C@H]2[C@H]1CC=CCC1. The lowest BCUT2D eigenvalue weighted by molar-refractivity contribution is 0.117. The molecule has 0 aromatic carbocycles. The second-order valence-corrected chi connectivity index (χ2v) is 7.01. The number of aliphatic imine (C=N–C) groups is 1. The van der Waals surface area contributed by atoms with Gasteiger partial charge in [0, 0.05) is 24.3 Å². The molecule has 4 rings (SSSR count). The van der Waals surface area contributed by atoms with Crippen molar-refractivity contribution in [3.63, 3.8) is 0 Å². The van der Waals surface area contributed by atoms with Crippen molar-refractivity contribution in [3.05, 3.63) is 34.3 Å². The van der Waals surface area contributed by atoms with Gasteiger partial charge in [0.25, 0.3) is 5.56 Å². The molecule has 1 aromatic heterocycles. The highest BCUT2D eigenvalue weighted by molar-refractivity contribution is 5.93. The van der Waals surface area contributed by atoms with Crippen molar-refractivity contribution in [1.82, 2.24) is 14.9 Å². The summed E-state index contributed by atoms with van der Waals surface area (Å²) in [6.07, 6.45) is 9.69. The maximum absolute atomic E-state index is 12.6. The highest BCUT2D eigenvalue weighted by Crippen LogP contribution is 2.30. The van der Waals surface area contributed by atoms with E-state index in [2.05, 4.69) is 32.8 Å². The third kappa shape index (κ3) is 3.46. The van der Waals surface area contributed by atoms with Crippen LogP contribution >= 0.6 is 0 Å². The molecule has 1 fully saturated rings. The Morgan fingerprint density at radius 3 is 3.08 bits per heavy atom. The summed E-state index contributed by atoms with van der Waals surface area (Å²) >= 11 is 0. The van der Waals surface area contributed by atoms with E-state index in [1.807, 2.05) is 6.92 Å². The third-order valence-corrected chi connectivity index (χ3v) is 5.11. The number of anilines is 1. The minimum Gasteiger partial charge on any atom is -0.376 e. The van der Waals surface area contributed by atoms with Gasteiger partial charge in [0.2, 0.25) is 5.95 Å². The smallest absolute Gasteiger partial charge is 0.256 e. The number of rotatable bonds is 3. The van der Waals surface area contributed by atoms with Crippen molar-refractivity contribution in [2.45, 2.75) is 51.3 Å². The van der Waals surface area contributed by atoms with Crippen LogP contribution in [0.4, 0.5) is 5.95 Å². The Morgan fingerprint density at radius 2 is 2.32 bits per heavy atom. The topological polar surface area (TPSA) is 80.5 Å². The van der Waals surface area contributed by atoms with Gasteiger partial charge in [0.1, 0.15) is 6.17 Å². The van der Waals surface area contributed by atoms with Crippen molar-refractivity contribution in [3.8, 4) is 0 Å². The largest absolute Gasteiger partial charge is 0.376 e. The van der Waals surface area contributed by atoms with Crippen LogP contribution in [0.1, 0.15) is 44.0 Å². The van der Waals surface area contributed by atoms with Crippen molar-refractivity contribution >= 4 is 11.9 Å². The zero-order valence-electron chi connectivity index (χ0n) is 14.6. The van der Waals surface area contributed by atoms with Gasteiger partial charge in [-0.25, -0.2) is 4.98 Å². The number of guanidine groups is 1. The first kappa shape index (κ1) is 16.3. The summed E-state index contributed by atoms with van der Waals surface area (Å²) in [6.45, 7) is 3.29. The predicted octanol–water partition coefficient (Wildman–Crippen LogP) is 1.96. The van der Waals surface area contributed by atoms with Crippen molar-refractivity contribution < 1.29 is 4.74 Å². The molecule has 1 saturated heterocycles. The standard InChI is InChI=1S/C18H25N5O2/c1-12-10-15(24)23-16(13-6-3-2-4-7-13)21-17(22-18(23)20-12)19-11-14-8-5-9-25-14/h2-3,10,13-14,16H,4-9,11H2,1H3,(H2,19,20,21,22)/t13-,14-,16+/m0/s1. The monoisotopic (exact) mass is 343 g/mol. The molecule has 7 nitrogen and oxygen atoms in total. The van der Waals surface area contributed by atoms with Crippen LogP contribution in [0.2, 0.25) is 0 Å². The molecule has 2 N–H and O–H groups in total. The van der Waals surface area contributed by atoms with Crippen LogP contribution in [-0.2, 0) is 4.74 Å². The van der Waals surface area contributed by atoms with Crippen LogP contribution < -0.4 is 16.2 Å². The van der Waals surface area contributed by atoms with Gasteiger partial charge in [0.15, 0.2) is 5.96 Å². The highest BCUT2D eigenvalue weighted by atomic mass is 16.5. The van der Waals surface area contributed by atoms with Crippen molar-refractivity contribution in [2.24, 2.45) is 10.9 Å². The Morgan fingerprint density at radius 1 is 1.40 bits per heavy atom. The molecule has 1 aliphatic carbocycles. The molecule has 25 heavy (non-hydrogen) atoms. The summed E-state index contributed by atoms with van der Waals surface area (Å²) in [5.41, 5.74) is 0.687. The number of aromatic nitrogens is 2. The van der Waals surface area contributed by atoms with E-state index in [4.69, 9.17) is 4.74 Å². The molecular formula is C18H25N5O2. The van der Waals surface area contributed by atoms with Crippen LogP contribution in [0.5, 0.6) is 0 Å². The van der Waals surface area contributed by atoms with Crippen molar-refractivity contribution in [2.75, 3.05) is 18.5 Å². The minimum atomic E-state index is -0.120. The van der Waals surface area contributed by atoms with Gasteiger partial charge < -0.3 is 10.1 Å².